The monoisotopic (exact) mass is 279 g/mol. The van der Waals surface area contributed by atoms with Crippen LogP contribution >= 0.6 is 0 Å². The fraction of sp³-hybridized carbons (Fsp3) is 0.111. The van der Waals surface area contributed by atoms with Crippen molar-refractivity contribution in [3.05, 3.63) is 77.4 Å². The molecular weight excluding hydrogens is 262 g/mol. The van der Waals surface area contributed by atoms with Gasteiger partial charge >= 0.3 is 0 Å². The second kappa shape index (κ2) is 6.66. The number of rotatable bonds is 4. The number of hydrogen-bond acceptors (Lipinski definition) is 2. The fourth-order valence-electron chi connectivity index (χ4n) is 1.93. The predicted molar refractivity (Wildman–Crippen MR) is 83.7 cm³/mol. The summed E-state index contributed by atoms with van der Waals surface area (Å²) in [5.41, 5.74) is 3.03. The van der Waals surface area contributed by atoms with Crippen LogP contribution in [0, 0.1) is 6.92 Å². The first kappa shape index (κ1) is 14.7. The van der Waals surface area contributed by atoms with E-state index in [2.05, 4.69) is 5.32 Å². The molecule has 0 aliphatic heterocycles. The van der Waals surface area contributed by atoms with Crippen molar-refractivity contribution in [2.45, 2.75) is 13.8 Å². The molecule has 0 heterocycles. The Bertz CT molecular complexity index is 670. The summed E-state index contributed by atoms with van der Waals surface area (Å²) in [7, 11) is 0. The molecule has 0 spiro atoms. The van der Waals surface area contributed by atoms with Crippen LogP contribution in [0.5, 0.6) is 0 Å². The van der Waals surface area contributed by atoms with Crippen molar-refractivity contribution in [1.29, 1.82) is 0 Å². The van der Waals surface area contributed by atoms with Gasteiger partial charge in [-0.1, -0.05) is 60.2 Å². The lowest BCUT2D eigenvalue weighted by molar-refractivity contribution is -0.117. The van der Waals surface area contributed by atoms with E-state index in [1.54, 1.807) is 12.1 Å². The maximum Gasteiger partial charge on any atom is 0.221 e. The second-order valence-corrected chi connectivity index (χ2v) is 4.84. The van der Waals surface area contributed by atoms with E-state index in [0.29, 0.717) is 11.3 Å². The number of carbonyl (C=O) groups excluding carboxylic acids is 2. The number of carbonyl (C=O) groups is 2. The summed E-state index contributed by atoms with van der Waals surface area (Å²) in [6.45, 7) is 3.41. The highest BCUT2D eigenvalue weighted by molar-refractivity contribution is 6.09. The standard InChI is InChI=1S/C18H17NO2/c1-13-8-10-15(11-9-13)17(19-14(2)20)12-18(21)16-6-4-3-5-7-16/h3-12H,1-2H3,(H,19,20)/b17-12-. The minimum atomic E-state index is -0.206. The van der Waals surface area contributed by atoms with E-state index >= 15 is 0 Å². The lowest BCUT2D eigenvalue weighted by Crippen LogP contribution is -2.19. The highest BCUT2D eigenvalue weighted by Crippen LogP contribution is 2.14. The molecule has 0 aromatic heterocycles. The number of aryl methyl sites for hydroxylation is 1. The van der Waals surface area contributed by atoms with E-state index < -0.39 is 0 Å². The molecular formula is C18H17NO2. The molecule has 0 bridgehead atoms. The van der Waals surface area contributed by atoms with Crippen LogP contribution in [0.15, 0.2) is 60.7 Å². The highest BCUT2D eigenvalue weighted by atomic mass is 16.1. The zero-order chi connectivity index (χ0) is 15.2. The quantitative estimate of drug-likeness (QED) is 0.689. The van der Waals surface area contributed by atoms with Crippen LogP contribution in [0.1, 0.15) is 28.4 Å². The van der Waals surface area contributed by atoms with Crippen LogP contribution in [0.3, 0.4) is 0 Å². The van der Waals surface area contributed by atoms with Crippen molar-refractivity contribution in [2.75, 3.05) is 0 Å². The number of ketones is 1. The lowest BCUT2D eigenvalue weighted by atomic mass is 10.1. The van der Waals surface area contributed by atoms with Gasteiger partial charge in [-0.25, -0.2) is 0 Å². The Kier molecular flexibility index (Phi) is 4.67. The predicted octanol–water partition coefficient (Wildman–Crippen LogP) is 3.35. The molecule has 0 radical (unpaired) electrons. The molecule has 0 atom stereocenters. The molecule has 0 aliphatic carbocycles. The van der Waals surface area contributed by atoms with E-state index in [4.69, 9.17) is 0 Å². The van der Waals surface area contributed by atoms with Gasteiger partial charge in [0.05, 0.1) is 5.70 Å². The van der Waals surface area contributed by atoms with Gasteiger partial charge in [-0.05, 0) is 12.5 Å². The second-order valence-electron chi connectivity index (χ2n) is 4.84. The van der Waals surface area contributed by atoms with Gasteiger partial charge in [0.25, 0.3) is 0 Å². The first-order chi connectivity index (χ1) is 10.1. The van der Waals surface area contributed by atoms with Crippen LogP contribution in [-0.2, 0) is 4.79 Å². The lowest BCUT2D eigenvalue weighted by Gasteiger charge is -2.09. The summed E-state index contributed by atoms with van der Waals surface area (Å²) in [6.07, 6.45) is 1.46. The van der Waals surface area contributed by atoms with E-state index in [1.807, 2.05) is 49.4 Å². The van der Waals surface area contributed by atoms with Crippen molar-refractivity contribution in [3.8, 4) is 0 Å². The molecule has 21 heavy (non-hydrogen) atoms. The first-order valence-corrected chi connectivity index (χ1v) is 6.72. The van der Waals surface area contributed by atoms with Crippen LogP contribution in [-0.4, -0.2) is 11.7 Å². The molecule has 3 heteroatoms. The Balaban J connectivity index is 2.35. The summed E-state index contributed by atoms with van der Waals surface area (Å²) >= 11 is 0. The maximum absolute atomic E-state index is 12.2. The molecule has 0 unspecified atom stereocenters. The number of benzene rings is 2. The van der Waals surface area contributed by atoms with Crippen molar-refractivity contribution in [1.82, 2.24) is 5.32 Å². The zero-order valence-corrected chi connectivity index (χ0v) is 12.1. The topological polar surface area (TPSA) is 46.2 Å². The van der Waals surface area contributed by atoms with Crippen LogP contribution < -0.4 is 5.32 Å². The SMILES string of the molecule is CC(=O)N/C(=C\C(=O)c1ccccc1)c1ccc(C)cc1. The normalized spacial score (nSPS) is 11.0. The minimum absolute atomic E-state index is 0.139. The Labute approximate surface area is 124 Å². The molecule has 0 fully saturated rings. The van der Waals surface area contributed by atoms with Crippen molar-refractivity contribution < 1.29 is 9.59 Å². The van der Waals surface area contributed by atoms with E-state index in [1.165, 1.54) is 13.0 Å². The molecule has 1 amide bonds. The summed E-state index contributed by atoms with van der Waals surface area (Å²) < 4.78 is 0. The van der Waals surface area contributed by atoms with Crippen molar-refractivity contribution in [2.24, 2.45) is 0 Å². The number of amides is 1. The van der Waals surface area contributed by atoms with Gasteiger partial charge in [-0.2, -0.15) is 0 Å². The molecule has 0 aliphatic rings. The Morgan fingerprint density at radius 1 is 0.905 bits per heavy atom. The molecule has 2 aromatic carbocycles. The van der Waals surface area contributed by atoms with Gasteiger partial charge in [0, 0.05) is 18.6 Å². The third-order valence-corrected chi connectivity index (χ3v) is 3.01. The summed E-state index contributed by atoms with van der Waals surface area (Å²) in [6, 6.07) is 16.6. The number of nitrogens with one attached hydrogen (secondary N) is 1. The van der Waals surface area contributed by atoms with Crippen LogP contribution in [0.25, 0.3) is 5.70 Å². The molecule has 0 saturated carbocycles. The van der Waals surface area contributed by atoms with Crippen molar-refractivity contribution >= 4 is 17.4 Å². The van der Waals surface area contributed by atoms with Crippen LogP contribution in [0.4, 0.5) is 0 Å². The smallest absolute Gasteiger partial charge is 0.221 e. The van der Waals surface area contributed by atoms with E-state index in [9.17, 15) is 9.59 Å². The summed E-state index contributed by atoms with van der Waals surface area (Å²) in [5.74, 6) is -0.345. The highest BCUT2D eigenvalue weighted by Gasteiger charge is 2.08. The molecule has 106 valence electrons. The summed E-state index contributed by atoms with van der Waals surface area (Å²) in [4.78, 5) is 23.6. The van der Waals surface area contributed by atoms with Crippen LogP contribution in [0.2, 0.25) is 0 Å². The molecule has 2 aromatic rings. The maximum atomic E-state index is 12.2. The molecule has 3 nitrogen and oxygen atoms in total. The Morgan fingerprint density at radius 3 is 2.10 bits per heavy atom. The number of hydrogen-bond donors (Lipinski definition) is 1. The third kappa shape index (κ3) is 4.14. The van der Waals surface area contributed by atoms with Gasteiger partial charge in [-0.3, -0.25) is 9.59 Å². The molecule has 2 rings (SSSR count). The van der Waals surface area contributed by atoms with E-state index in [0.717, 1.165) is 11.1 Å². The van der Waals surface area contributed by atoms with E-state index in [-0.39, 0.29) is 11.7 Å². The fourth-order valence-corrected chi connectivity index (χ4v) is 1.93. The Hall–Kier alpha value is -2.68. The average molecular weight is 279 g/mol. The minimum Gasteiger partial charge on any atom is -0.326 e. The van der Waals surface area contributed by atoms with Gasteiger partial charge in [-0.15, -0.1) is 0 Å². The average Bonchev–Trinajstić information content (AvgIpc) is 2.48. The first-order valence-electron chi connectivity index (χ1n) is 6.72. The van der Waals surface area contributed by atoms with Gasteiger partial charge < -0.3 is 5.32 Å². The number of allylic oxidation sites excluding steroid dienone is 1. The van der Waals surface area contributed by atoms with Crippen molar-refractivity contribution in [3.63, 3.8) is 0 Å². The van der Waals surface area contributed by atoms with Gasteiger partial charge in [0.1, 0.15) is 0 Å². The van der Waals surface area contributed by atoms with Gasteiger partial charge in [0.15, 0.2) is 5.78 Å². The molecule has 1 N–H and O–H groups in total. The third-order valence-electron chi connectivity index (χ3n) is 3.01. The largest absolute Gasteiger partial charge is 0.326 e. The Morgan fingerprint density at radius 2 is 1.52 bits per heavy atom. The zero-order valence-electron chi connectivity index (χ0n) is 12.1. The molecule has 0 saturated heterocycles. The van der Waals surface area contributed by atoms with Gasteiger partial charge in [0.2, 0.25) is 5.91 Å². The summed E-state index contributed by atoms with van der Waals surface area (Å²) in [5, 5.41) is 2.72.